The van der Waals surface area contributed by atoms with Crippen LogP contribution in [0.4, 0.5) is 11.4 Å². The molecule has 0 aromatic heterocycles. The predicted octanol–water partition coefficient (Wildman–Crippen LogP) is 7.36. The van der Waals surface area contributed by atoms with Crippen LogP contribution in [0.15, 0.2) is 76.5 Å². The van der Waals surface area contributed by atoms with E-state index in [1.807, 2.05) is 19.9 Å². The summed E-state index contributed by atoms with van der Waals surface area (Å²) in [6, 6.07) is 10.9. The van der Waals surface area contributed by atoms with Crippen LogP contribution in [0.25, 0.3) is 0 Å². The molecule has 0 radical (unpaired) electrons. The molecule has 0 amide bonds. The van der Waals surface area contributed by atoms with Crippen LogP contribution in [0, 0.1) is 28.6 Å². The van der Waals surface area contributed by atoms with Crippen molar-refractivity contribution in [2.24, 2.45) is 38.8 Å². The van der Waals surface area contributed by atoms with E-state index in [4.69, 9.17) is 14.2 Å². The number of carbonyl (C=O) groups excluding carboxylic acids is 3. The number of carbonyl (C=O) groups is 4. The fraction of sp³-hybridized carbons (Fsp3) is 0.524. The number of azo groups is 1. The first-order chi connectivity index (χ1) is 25.8. The Morgan fingerprint density at radius 1 is 1.07 bits per heavy atom. The summed E-state index contributed by atoms with van der Waals surface area (Å²) in [5, 5.41) is 39.5. The van der Waals surface area contributed by atoms with Gasteiger partial charge in [-0.3, -0.25) is 14.4 Å². The topological polar surface area (TPSA) is 181 Å². The zero-order chi connectivity index (χ0) is 38.8. The van der Waals surface area contributed by atoms with E-state index in [1.54, 1.807) is 43.5 Å². The molecule has 4 aliphatic carbocycles. The Labute approximate surface area is 315 Å². The lowest BCUT2D eigenvalue weighted by atomic mass is 9.46. The van der Waals surface area contributed by atoms with Crippen molar-refractivity contribution in [1.29, 1.82) is 0 Å². The van der Waals surface area contributed by atoms with Gasteiger partial charge in [0.2, 0.25) is 5.78 Å². The molecule has 2 aromatic rings. The molecule has 8 atom stereocenters. The summed E-state index contributed by atoms with van der Waals surface area (Å²) < 4.78 is 18.1. The van der Waals surface area contributed by atoms with Crippen LogP contribution in [0.3, 0.4) is 0 Å². The van der Waals surface area contributed by atoms with Crippen molar-refractivity contribution in [2.75, 3.05) is 13.7 Å². The fourth-order valence-corrected chi connectivity index (χ4v) is 9.98. The van der Waals surface area contributed by atoms with Gasteiger partial charge in [0, 0.05) is 30.3 Å². The van der Waals surface area contributed by atoms with Crippen molar-refractivity contribution in [3.63, 3.8) is 0 Å². The predicted molar refractivity (Wildman–Crippen MR) is 197 cm³/mol. The van der Waals surface area contributed by atoms with Crippen LogP contribution in [0.1, 0.15) is 88.1 Å². The number of allylic oxidation sites excluding steroid dienone is 4. The highest BCUT2D eigenvalue weighted by Crippen LogP contribution is 2.68. The summed E-state index contributed by atoms with van der Waals surface area (Å²) in [5.74, 6) is -2.58. The summed E-state index contributed by atoms with van der Waals surface area (Å²) in [6.45, 7) is 5.68. The lowest BCUT2D eigenvalue weighted by Crippen LogP contribution is -2.63. The second-order valence-electron chi connectivity index (χ2n) is 15.6. The average molecular weight is 743 g/mol. The summed E-state index contributed by atoms with van der Waals surface area (Å²) in [7, 11) is 1.56. The van der Waals surface area contributed by atoms with Gasteiger partial charge in [-0.25, -0.2) is 4.79 Å². The summed E-state index contributed by atoms with van der Waals surface area (Å²) in [4.78, 5) is 51.4. The standard InChI is InChI=1S/C42H50N2O10/c1-5-8-37(52-4)54-42(20-18-31-29-14-12-26-21-28(45)17-19-40(26,2)38(29)34(47)23-41(31,42)3)35(48)24-53-36(49)16-11-25-9-6-7-10-32(25)44-43-27-13-15-33(46)30(22-27)39(50)51/h6-7,9-10,13,15,17,19,21-22,29,31,34,37-38,46-47H,5,8,11-12,14,16,18,20,23-24H2,1-4H3,(H,50,51)/t29?,31?,34?,37?,38?,40?,41?,42-/m0/s1. The molecule has 54 heavy (non-hydrogen) atoms. The molecular formula is C42H50N2O10. The molecule has 7 unspecified atom stereocenters. The Bertz CT molecular complexity index is 1890. The van der Waals surface area contributed by atoms with Crippen molar-refractivity contribution in [1.82, 2.24) is 0 Å². The minimum absolute atomic E-state index is 0.0241. The first kappa shape index (κ1) is 39.2. The summed E-state index contributed by atoms with van der Waals surface area (Å²) in [5.41, 5.74) is -0.414. The number of methoxy groups -OCH3 is 1. The third kappa shape index (κ3) is 7.19. The third-order valence-electron chi connectivity index (χ3n) is 12.6. The Morgan fingerprint density at radius 2 is 1.85 bits per heavy atom. The maximum Gasteiger partial charge on any atom is 0.339 e. The Kier molecular flexibility index (Phi) is 11.4. The number of Topliss-reactive ketones (excluding diaryl/α,β-unsaturated/α-hetero) is 1. The number of fused-ring (bicyclic) bond motifs is 5. The minimum atomic E-state index is -1.35. The lowest BCUT2D eigenvalue weighted by Gasteiger charge is -2.60. The first-order valence-electron chi connectivity index (χ1n) is 18.8. The highest BCUT2D eigenvalue weighted by Gasteiger charge is 2.69. The molecule has 6 rings (SSSR count). The summed E-state index contributed by atoms with van der Waals surface area (Å²) in [6.07, 6.45) is 8.40. The molecule has 3 saturated carbocycles. The molecule has 0 saturated heterocycles. The number of aliphatic hydroxyl groups is 1. The van der Waals surface area contributed by atoms with Gasteiger partial charge in [0.05, 0.1) is 17.5 Å². The number of hydrogen-bond acceptors (Lipinski definition) is 11. The van der Waals surface area contributed by atoms with E-state index >= 15 is 0 Å². The number of carboxylic acids is 1. The molecular weight excluding hydrogens is 692 g/mol. The smallest absolute Gasteiger partial charge is 0.339 e. The van der Waals surface area contributed by atoms with Crippen LogP contribution >= 0.6 is 0 Å². The number of aliphatic hydroxyl groups excluding tert-OH is 1. The van der Waals surface area contributed by atoms with Gasteiger partial charge in [-0.2, -0.15) is 10.2 Å². The number of benzene rings is 2. The molecule has 2 aromatic carbocycles. The van der Waals surface area contributed by atoms with E-state index in [-0.39, 0.29) is 59.2 Å². The number of aromatic hydroxyl groups is 1. The fourth-order valence-electron chi connectivity index (χ4n) is 9.98. The van der Waals surface area contributed by atoms with Crippen LogP contribution in [0.5, 0.6) is 5.75 Å². The van der Waals surface area contributed by atoms with E-state index in [2.05, 4.69) is 17.2 Å². The largest absolute Gasteiger partial charge is 0.507 e. The number of esters is 1. The lowest BCUT2D eigenvalue weighted by molar-refractivity contribution is -0.248. The Morgan fingerprint density at radius 3 is 2.59 bits per heavy atom. The quantitative estimate of drug-likeness (QED) is 0.101. The number of ketones is 2. The van der Waals surface area contributed by atoms with E-state index in [1.165, 1.54) is 18.2 Å². The number of aryl methyl sites for hydroxylation is 1. The van der Waals surface area contributed by atoms with Crippen molar-refractivity contribution < 1.29 is 48.7 Å². The second-order valence-corrected chi connectivity index (χ2v) is 15.6. The second kappa shape index (κ2) is 15.7. The minimum Gasteiger partial charge on any atom is -0.507 e. The average Bonchev–Trinajstić information content (AvgIpc) is 3.44. The van der Waals surface area contributed by atoms with E-state index < -0.39 is 47.4 Å². The van der Waals surface area contributed by atoms with E-state index in [0.717, 1.165) is 24.8 Å². The number of carboxylic acid groups (broad SMARTS) is 1. The molecule has 3 fully saturated rings. The van der Waals surface area contributed by atoms with E-state index in [9.17, 15) is 34.5 Å². The number of rotatable bonds is 14. The van der Waals surface area contributed by atoms with Gasteiger partial charge in [0.25, 0.3) is 0 Å². The molecule has 3 N–H and O–H groups in total. The van der Waals surface area contributed by atoms with Crippen molar-refractivity contribution in [2.45, 2.75) is 96.6 Å². The summed E-state index contributed by atoms with van der Waals surface area (Å²) >= 11 is 0. The van der Waals surface area contributed by atoms with Gasteiger partial charge in [0.1, 0.15) is 16.9 Å². The monoisotopic (exact) mass is 742 g/mol. The van der Waals surface area contributed by atoms with Gasteiger partial charge < -0.3 is 29.5 Å². The van der Waals surface area contributed by atoms with Gasteiger partial charge in [0.15, 0.2) is 18.7 Å². The molecule has 288 valence electrons. The number of hydrogen-bond donors (Lipinski definition) is 3. The number of ether oxygens (including phenoxy) is 3. The number of aromatic carboxylic acids is 1. The van der Waals surface area contributed by atoms with Crippen molar-refractivity contribution in [3.05, 3.63) is 77.4 Å². The SMILES string of the molecule is CCCC(OC)O[C@]1(C(=O)COC(=O)CCc2ccccc2N=Nc2ccc(O)c(C(=O)O)c2)CCC2C3CCC4=CC(=O)C=CC4(C)C3C(O)CC21C. The molecule has 4 aliphatic rings. The number of phenols is 1. The molecule has 0 bridgehead atoms. The van der Waals surface area contributed by atoms with Crippen LogP contribution in [0.2, 0.25) is 0 Å². The molecule has 0 heterocycles. The molecule has 0 aliphatic heterocycles. The van der Waals surface area contributed by atoms with Gasteiger partial charge in [-0.05, 0) is 98.8 Å². The third-order valence-corrected chi connectivity index (χ3v) is 12.6. The Hall–Kier alpha value is -4.52. The van der Waals surface area contributed by atoms with Crippen molar-refractivity contribution in [3.8, 4) is 5.75 Å². The molecule has 12 nitrogen and oxygen atoms in total. The molecule has 12 heteroatoms. The van der Waals surface area contributed by atoms with Crippen LogP contribution in [-0.2, 0) is 35.0 Å². The van der Waals surface area contributed by atoms with Crippen LogP contribution < -0.4 is 0 Å². The maximum absolute atomic E-state index is 14.5. The first-order valence-corrected chi connectivity index (χ1v) is 18.8. The van der Waals surface area contributed by atoms with Gasteiger partial charge in [-0.15, -0.1) is 0 Å². The van der Waals surface area contributed by atoms with Crippen molar-refractivity contribution >= 4 is 34.9 Å². The normalized spacial score (nSPS) is 30.6. The maximum atomic E-state index is 14.5. The Balaban J connectivity index is 1.17. The van der Waals surface area contributed by atoms with Gasteiger partial charge in [-0.1, -0.05) is 57.0 Å². The highest BCUT2D eigenvalue weighted by atomic mass is 16.7. The zero-order valence-corrected chi connectivity index (χ0v) is 31.3. The zero-order valence-electron chi connectivity index (χ0n) is 31.3. The van der Waals surface area contributed by atoms with E-state index in [0.29, 0.717) is 36.9 Å². The number of nitrogens with zero attached hydrogens (tertiary/aromatic N) is 2. The van der Waals surface area contributed by atoms with Gasteiger partial charge >= 0.3 is 11.9 Å². The highest BCUT2D eigenvalue weighted by molar-refractivity contribution is 6.01. The molecule has 0 spiro atoms. The van der Waals surface area contributed by atoms with Crippen LogP contribution in [-0.4, -0.2) is 70.5 Å².